The highest BCUT2D eigenvalue weighted by Gasteiger charge is 2.20. The van der Waals surface area contributed by atoms with Gasteiger partial charge in [-0.3, -0.25) is 9.97 Å². The minimum Gasteiger partial charge on any atom is -0.587 e. The van der Waals surface area contributed by atoms with Gasteiger partial charge in [-0.25, -0.2) is 0 Å². The van der Waals surface area contributed by atoms with E-state index in [1.54, 1.807) is 28.6 Å². The zero-order valence-corrected chi connectivity index (χ0v) is 16.5. The Morgan fingerprint density at radius 2 is 2.00 bits per heavy atom. The molecule has 7 heteroatoms. The number of fused-ring (bicyclic) bond motifs is 1. The number of nitrogens with zero attached hydrogens (tertiary/aromatic N) is 3. The maximum absolute atomic E-state index is 13.2. The fourth-order valence-corrected chi connectivity index (χ4v) is 4.27. The molecule has 3 heterocycles. The molecule has 2 N–H and O–H groups in total. The molecular formula is C21H21N5OS. The number of benzene rings is 1. The Morgan fingerprint density at radius 3 is 2.75 bits per heavy atom. The molecule has 3 aromatic heterocycles. The van der Waals surface area contributed by atoms with Gasteiger partial charge in [0.15, 0.2) is 4.90 Å². The quantitative estimate of drug-likeness (QED) is 0.489. The molecule has 4 rings (SSSR count). The average Bonchev–Trinajstić information content (AvgIpc) is 3.08. The van der Waals surface area contributed by atoms with Crippen molar-refractivity contribution in [1.29, 1.82) is 0 Å². The van der Waals surface area contributed by atoms with E-state index < -0.39 is 11.4 Å². The van der Waals surface area contributed by atoms with E-state index in [1.807, 2.05) is 50.5 Å². The first-order valence-corrected chi connectivity index (χ1v) is 10.1. The maximum Gasteiger partial charge on any atom is 0.198 e. The molecule has 28 heavy (non-hydrogen) atoms. The molecule has 0 spiro atoms. The lowest BCUT2D eigenvalue weighted by molar-refractivity contribution is 0.587. The summed E-state index contributed by atoms with van der Waals surface area (Å²) >= 11 is -1.38. The monoisotopic (exact) mass is 391 g/mol. The summed E-state index contributed by atoms with van der Waals surface area (Å²) in [5.74, 6) is 0. The number of hydrogen-bond donors (Lipinski definition) is 2. The highest BCUT2D eigenvalue weighted by molar-refractivity contribution is 7.90. The fourth-order valence-electron chi connectivity index (χ4n) is 3.15. The Labute approximate surface area is 167 Å². The molecule has 0 radical (unpaired) electrons. The molecule has 1 unspecified atom stereocenters. The second-order valence-corrected chi connectivity index (χ2v) is 7.80. The number of anilines is 2. The summed E-state index contributed by atoms with van der Waals surface area (Å²) in [6, 6.07) is 13.6. The van der Waals surface area contributed by atoms with E-state index in [0.29, 0.717) is 11.4 Å². The van der Waals surface area contributed by atoms with Gasteiger partial charge in [0, 0.05) is 30.0 Å². The molecule has 1 atom stereocenters. The van der Waals surface area contributed by atoms with Gasteiger partial charge in [-0.15, -0.1) is 0 Å². The van der Waals surface area contributed by atoms with E-state index in [1.165, 1.54) is 0 Å². The van der Waals surface area contributed by atoms with E-state index >= 15 is 0 Å². The molecule has 0 aliphatic heterocycles. The largest absolute Gasteiger partial charge is 0.587 e. The summed E-state index contributed by atoms with van der Waals surface area (Å²) in [5, 5.41) is 7.66. The summed E-state index contributed by atoms with van der Waals surface area (Å²) in [6.07, 6.45) is 7.04. The number of aryl methyl sites for hydroxylation is 1. The minimum absolute atomic E-state index is 0.664. The molecule has 6 nitrogen and oxygen atoms in total. The lowest BCUT2D eigenvalue weighted by Crippen LogP contribution is -2.12. The summed E-state index contributed by atoms with van der Waals surface area (Å²) in [5.41, 5.74) is 4.79. The first-order valence-electron chi connectivity index (χ1n) is 8.97. The van der Waals surface area contributed by atoms with Gasteiger partial charge in [0.2, 0.25) is 0 Å². The van der Waals surface area contributed by atoms with E-state index in [-0.39, 0.29) is 0 Å². The van der Waals surface area contributed by atoms with Crippen molar-refractivity contribution < 1.29 is 4.55 Å². The summed E-state index contributed by atoms with van der Waals surface area (Å²) < 4.78 is 15.0. The molecule has 0 amide bonds. The Bertz CT molecular complexity index is 1100. The van der Waals surface area contributed by atoms with Crippen LogP contribution in [0.25, 0.3) is 10.9 Å². The van der Waals surface area contributed by atoms with Crippen LogP contribution in [0.2, 0.25) is 0 Å². The third kappa shape index (κ3) is 3.60. The lowest BCUT2D eigenvalue weighted by atomic mass is 10.1. The first kappa shape index (κ1) is 18.5. The normalized spacial score (nSPS) is 12.2. The lowest BCUT2D eigenvalue weighted by Gasteiger charge is -2.12. The first-order chi connectivity index (χ1) is 13.7. The minimum atomic E-state index is -1.38. The van der Waals surface area contributed by atoms with Crippen LogP contribution < -0.4 is 10.6 Å². The molecule has 1 aromatic carbocycles. The highest BCUT2D eigenvalue weighted by atomic mass is 32.2. The van der Waals surface area contributed by atoms with Gasteiger partial charge in [0.25, 0.3) is 0 Å². The zero-order valence-electron chi connectivity index (χ0n) is 15.7. The number of hydrogen-bond acceptors (Lipinski definition) is 5. The van der Waals surface area contributed by atoms with Gasteiger partial charge in [-0.2, -0.15) is 3.97 Å². The van der Waals surface area contributed by atoms with Gasteiger partial charge >= 0.3 is 0 Å². The van der Waals surface area contributed by atoms with Crippen molar-refractivity contribution >= 4 is 33.6 Å². The van der Waals surface area contributed by atoms with Gasteiger partial charge in [0.05, 0.1) is 23.8 Å². The fraction of sp³-hybridized carbons (Fsp3) is 0.143. The van der Waals surface area contributed by atoms with E-state index in [4.69, 9.17) is 0 Å². The van der Waals surface area contributed by atoms with Crippen molar-refractivity contribution in [1.82, 2.24) is 19.3 Å². The predicted octanol–water partition coefficient (Wildman–Crippen LogP) is 3.77. The Hall–Kier alpha value is -2.87. The predicted molar refractivity (Wildman–Crippen MR) is 113 cm³/mol. The maximum atomic E-state index is 13.2. The van der Waals surface area contributed by atoms with Crippen LogP contribution in [0, 0.1) is 6.92 Å². The van der Waals surface area contributed by atoms with Gasteiger partial charge in [-0.1, -0.05) is 6.07 Å². The standard InChI is InChI=1S/C21H21N5OS/c1-15-20(6-4-10-24-15)25-17-7-8-19-16(12-22-2)14-26(21(19)11-17)28(27)18-5-3-9-23-13-18/h3-11,13-14,22,25H,12H2,1-2H3. The van der Waals surface area contributed by atoms with Crippen LogP contribution >= 0.6 is 0 Å². The topological polar surface area (TPSA) is 77.8 Å². The summed E-state index contributed by atoms with van der Waals surface area (Å²) in [7, 11) is 1.91. The van der Waals surface area contributed by atoms with Crippen molar-refractivity contribution in [2.24, 2.45) is 0 Å². The molecule has 4 aromatic rings. The van der Waals surface area contributed by atoms with Crippen LogP contribution in [-0.2, 0) is 17.9 Å². The molecular weight excluding hydrogens is 370 g/mol. The molecule has 0 aliphatic carbocycles. The van der Waals surface area contributed by atoms with Crippen LogP contribution in [0.15, 0.2) is 72.1 Å². The highest BCUT2D eigenvalue weighted by Crippen LogP contribution is 2.30. The third-order valence-electron chi connectivity index (χ3n) is 4.52. The Balaban J connectivity index is 1.79. The third-order valence-corrected chi connectivity index (χ3v) is 5.83. The molecule has 0 saturated heterocycles. The number of pyridine rings is 2. The van der Waals surface area contributed by atoms with Crippen molar-refractivity contribution in [2.45, 2.75) is 18.4 Å². The molecule has 0 aliphatic rings. The molecule has 0 saturated carbocycles. The smallest absolute Gasteiger partial charge is 0.198 e. The van der Waals surface area contributed by atoms with Crippen LogP contribution in [0.1, 0.15) is 11.3 Å². The second kappa shape index (κ2) is 8.02. The van der Waals surface area contributed by atoms with E-state index in [0.717, 1.165) is 33.5 Å². The summed E-state index contributed by atoms with van der Waals surface area (Å²) in [4.78, 5) is 9.08. The number of aromatic nitrogens is 3. The summed E-state index contributed by atoms with van der Waals surface area (Å²) in [6.45, 7) is 2.66. The van der Waals surface area contributed by atoms with Crippen molar-refractivity contribution in [3.63, 3.8) is 0 Å². The van der Waals surface area contributed by atoms with Gasteiger partial charge < -0.3 is 15.2 Å². The average molecular weight is 392 g/mol. The number of rotatable bonds is 6. The van der Waals surface area contributed by atoms with E-state index in [9.17, 15) is 4.55 Å². The van der Waals surface area contributed by atoms with Gasteiger partial charge in [0.1, 0.15) is 16.9 Å². The van der Waals surface area contributed by atoms with E-state index in [2.05, 4.69) is 26.7 Å². The Morgan fingerprint density at radius 1 is 1.14 bits per heavy atom. The van der Waals surface area contributed by atoms with Crippen LogP contribution in [0.3, 0.4) is 0 Å². The van der Waals surface area contributed by atoms with Crippen LogP contribution in [0.4, 0.5) is 11.4 Å². The number of nitrogens with one attached hydrogen (secondary N) is 2. The molecule has 0 fully saturated rings. The van der Waals surface area contributed by atoms with Crippen molar-refractivity contribution in [3.05, 3.63) is 78.5 Å². The molecule has 142 valence electrons. The Kier molecular flexibility index (Phi) is 5.29. The van der Waals surface area contributed by atoms with Gasteiger partial charge in [-0.05, 0) is 55.9 Å². The van der Waals surface area contributed by atoms with Crippen LogP contribution in [-0.4, -0.2) is 25.5 Å². The second-order valence-electron chi connectivity index (χ2n) is 6.44. The van der Waals surface area contributed by atoms with Crippen molar-refractivity contribution in [3.8, 4) is 0 Å². The zero-order chi connectivity index (χ0) is 19.5. The molecule has 0 bridgehead atoms. The van der Waals surface area contributed by atoms with Crippen LogP contribution in [0.5, 0.6) is 0 Å². The SMILES string of the molecule is CNCc1cn([S+]([O-])c2cccnc2)c2cc(Nc3cccnc3C)ccc12. The van der Waals surface area contributed by atoms with Crippen molar-refractivity contribution in [2.75, 3.05) is 12.4 Å².